The first-order chi connectivity index (χ1) is 9.43. The Morgan fingerprint density at radius 3 is 2.55 bits per heavy atom. The zero-order valence-corrected chi connectivity index (χ0v) is 14.4. The van der Waals surface area contributed by atoms with Crippen LogP contribution >= 0.6 is 15.9 Å². The molecule has 0 radical (unpaired) electrons. The van der Waals surface area contributed by atoms with Crippen LogP contribution in [0.1, 0.15) is 34.1 Å². The summed E-state index contributed by atoms with van der Waals surface area (Å²) in [5.74, 6) is 0. The Morgan fingerprint density at radius 2 is 2.00 bits per heavy atom. The highest BCUT2D eigenvalue weighted by atomic mass is 79.9. The number of benzene rings is 1. The third kappa shape index (κ3) is 2.96. The third-order valence-corrected chi connectivity index (χ3v) is 4.85. The predicted molar refractivity (Wildman–Crippen MR) is 87.1 cm³/mol. The van der Waals surface area contributed by atoms with Gasteiger partial charge in [-0.1, -0.05) is 23.8 Å². The lowest BCUT2D eigenvalue weighted by atomic mass is 9.95. The zero-order valence-electron chi connectivity index (χ0n) is 12.8. The van der Waals surface area contributed by atoms with Gasteiger partial charge in [-0.05, 0) is 54.9 Å². The summed E-state index contributed by atoms with van der Waals surface area (Å²) in [7, 11) is 4.02. The Labute approximate surface area is 129 Å². The highest BCUT2D eigenvalue weighted by molar-refractivity contribution is 9.10. The van der Waals surface area contributed by atoms with Gasteiger partial charge in [0.15, 0.2) is 0 Å². The van der Waals surface area contributed by atoms with E-state index in [2.05, 4.69) is 58.4 Å². The molecule has 0 saturated heterocycles. The monoisotopic (exact) mass is 335 g/mol. The lowest BCUT2D eigenvalue weighted by molar-refractivity contribution is 0.557. The molecule has 0 amide bonds. The fraction of sp³-hybridized carbons (Fsp3) is 0.438. The molecule has 2 aromatic rings. The van der Waals surface area contributed by atoms with E-state index in [1.807, 2.05) is 25.7 Å². The Morgan fingerprint density at radius 1 is 1.30 bits per heavy atom. The number of aromatic nitrogens is 2. The van der Waals surface area contributed by atoms with Crippen molar-refractivity contribution in [3.63, 3.8) is 0 Å². The second-order valence-electron chi connectivity index (χ2n) is 5.38. The van der Waals surface area contributed by atoms with Crippen molar-refractivity contribution in [2.24, 2.45) is 7.05 Å². The Hall–Kier alpha value is -1.13. The molecule has 3 nitrogen and oxygen atoms in total. The maximum Gasteiger partial charge on any atom is 0.0738 e. The van der Waals surface area contributed by atoms with Gasteiger partial charge in [-0.2, -0.15) is 5.10 Å². The van der Waals surface area contributed by atoms with Gasteiger partial charge in [0.05, 0.1) is 15.9 Å². The van der Waals surface area contributed by atoms with Crippen molar-refractivity contribution in [2.45, 2.75) is 33.2 Å². The number of nitrogens with one attached hydrogen (secondary N) is 1. The number of aryl methyl sites for hydroxylation is 4. The molecule has 0 bridgehead atoms. The Kier molecular flexibility index (Phi) is 4.66. The van der Waals surface area contributed by atoms with Gasteiger partial charge in [0.25, 0.3) is 0 Å². The molecule has 0 fully saturated rings. The van der Waals surface area contributed by atoms with Crippen molar-refractivity contribution in [3.05, 3.63) is 50.8 Å². The standard InChI is InChI=1S/C16H22BrN3/c1-10-6-7-11(2)13(8-10)14(18-4)9-15-16(17)12(3)19-20(15)5/h6-8,14,18H,9H2,1-5H3. The van der Waals surface area contributed by atoms with Crippen LogP contribution in [0.15, 0.2) is 22.7 Å². The summed E-state index contributed by atoms with van der Waals surface area (Å²) in [5.41, 5.74) is 6.25. The molecule has 0 aliphatic rings. The van der Waals surface area contributed by atoms with Crippen LogP contribution in [0.2, 0.25) is 0 Å². The Balaban J connectivity index is 2.36. The van der Waals surface area contributed by atoms with Crippen LogP contribution in [0.4, 0.5) is 0 Å². The molecule has 1 aromatic heterocycles. The lowest BCUT2D eigenvalue weighted by Gasteiger charge is -2.20. The minimum Gasteiger partial charge on any atom is -0.313 e. The first kappa shape index (κ1) is 15.3. The summed E-state index contributed by atoms with van der Waals surface area (Å²) in [6, 6.07) is 6.92. The predicted octanol–water partition coefficient (Wildman–Crippen LogP) is 3.61. The van der Waals surface area contributed by atoms with Crippen LogP contribution in [0.5, 0.6) is 0 Å². The van der Waals surface area contributed by atoms with E-state index in [1.54, 1.807) is 0 Å². The molecule has 0 aliphatic heterocycles. The fourth-order valence-corrected chi connectivity index (χ4v) is 3.10. The summed E-state index contributed by atoms with van der Waals surface area (Å²) < 4.78 is 3.08. The molecular formula is C16H22BrN3. The van der Waals surface area contributed by atoms with Crippen molar-refractivity contribution in [3.8, 4) is 0 Å². The van der Waals surface area contributed by atoms with Gasteiger partial charge in [0, 0.05) is 19.5 Å². The topological polar surface area (TPSA) is 29.9 Å². The SMILES string of the molecule is CNC(Cc1c(Br)c(C)nn1C)c1cc(C)ccc1C. The van der Waals surface area contributed by atoms with Gasteiger partial charge in [-0.3, -0.25) is 4.68 Å². The third-order valence-electron chi connectivity index (χ3n) is 3.82. The van der Waals surface area contributed by atoms with Crippen LogP contribution in [-0.2, 0) is 13.5 Å². The molecule has 4 heteroatoms. The minimum atomic E-state index is 0.293. The minimum absolute atomic E-state index is 0.293. The summed E-state index contributed by atoms with van der Waals surface area (Å²) in [5, 5.41) is 7.91. The van der Waals surface area contributed by atoms with E-state index in [0.717, 1.165) is 16.6 Å². The summed E-state index contributed by atoms with van der Waals surface area (Å²) >= 11 is 3.65. The molecule has 1 atom stereocenters. The average Bonchev–Trinajstić information content (AvgIpc) is 2.65. The molecule has 108 valence electrons. The van der Waals surface area contributed by atoms with Gasteiger partial charge >= 0.3 is 0 Å². The fourth-order valence-electron chi connectivity index (χ4n) is 2.60. The van der Waals surface area contributed by atoms with Crippen LogP contribution in [0.3, 0.4) is 0 Å². The number of rotatable bonds is 4. The molecule has 1 aromatic carbocycles. The maximum absolute atomic E-state index is 4.47. The number of hydrogen-bond donors (Lipinski definition) is 1. The van der Waals surface area contributed by atoms with Gasteiger partial charge < -0.3 is 5.32 Å². The van der Waals surface area contributed by atoms with E-state index in [4.69, 9.17) is 0 Å². The molecule has 0 spiro atoms. The van der Waals surface area contributed by atoms with E-state index in [9.17, 15) is 0 Å². The smallest absolute Gasteiger partial charge is 0.0738 e. The largest absolute Gasteiger partial charge is 0.313 e. The second-order valence-corrected chi connectivity index (χ2v) is 6.17. The van der Waals surface area contributed by atoms with Crippen LogP contribution in [0, 0.1) is 20.8 Å². The average molecular weight is 336 g/mol. The van der Waals surface area contributed by atoms with E-state index < -0.39 is 0 Å². The molecule has 0 aliphatic carbocycles. The Bertz CT molecular complexity index is 616. The van der Waals surface area contributed by atoms with Crippen molar-refractivity contribution in [2.75, 3.05) is 7.05 Å². The highest BCUT2D eigenvalue weighted by Crippen LogP contribution is 2.27. The van der Waals surface area contributed by atoms with Crippen LogP contribution in [-0.4, -0.2) is 16.8 Å². The van der Waals surface area contributed by atoms with Gasteiger partial charge in [-0.15, -0.1) is 0 Å². The van der Waals surface area contributed by atoms with E-state index in [-0.39, 0.29) is 0 Å². The highest BCUT2D eigenvalue weighted by Gasteiger charge is 2.18. The van der Waals surface area contributed by atoms with Crippen LogP contribution < -0.4 is 5.32 Å². The summed E-state index contributed by atoms with van der Waals surface area (Å²) in [6.45, 7) is 6.34. The molecule has 1 heterocycles. The van der Waals surface area contributed by atoms with Gasteiger partial charge in [0.2, 0.25) is 0 Å². The quantitative estimate of drug-likeness (QED) is 0.924. The molecule has 1 unspecified atom stereocenters. The van der Waals surface area contributed by atoms with E-state index in [1.165, 1.54) is 22.4 Å². The lowest BCUT2D eigenvalue weighted by Crippen LogP contribution is -2.21. The number of likely N-dealkylation sites (N-methyl/N-ethyl adjacent to an activating group) is 1. The molecule has 20 heavy (non-hydrogen) atoms. The first-order valence-electron chi connectivity index (χ1n) is 6.86. The van der Waals surface area contributed by atoms with Crippen molar-refractivity contribution >= 4 is 15.9 Å². The number of halogens is 1. The van der Waals surface area contributed by atoms with Crippen molar-refractivity contribution in [1.82, 2.24) is 15.1 Å². The van der Waals surface area contributed by atoms with Gasteiger partial charge in [0.1, 0.15) is 0 Å². The number of nitrogens with zero attached hydrogens (tertiary/aromatic N) is 2. The van der Waals surface area contributed by atoms with Crippen molar-refractivity contribution < 1.29 is 0 Å². The molecule has 1 N–H and O–H groups in total. The molecular weight excluding hydrogens is 314 g/mol. The van der Waals surface area contributed by atoms with E-state index >= 15 is 0 Å². The molecule has 0 saturated carbocycles. The van der Waals surface area contributed by atoms with Crippen molar-refractivity contribution in [1.29, 1.82) is 0 Å². The molecule has 2 rings (SSSR count). The summed E-state index contributed by atoms with van der Waals surface area (Å²) in [6.07, 6.45) is 0.915. The van der Waals surface area contributed by atoms with Gasteiger partial charge in [-0.25, -0.2) is 0 Å². The number of hydrogen-bond acceptors (Lipinski definition) is 2. The first-order valence-corrected chi connectivity index (χ1v) is 7.65. The van der Waals surface area contributed by atoms with E-state index in [0.29, 0.717) is 6.04 Å². The maximum atomic E-state index is 4.47. The normalized spacial score (nSPS) is 12.7. The zero-order chi connectivity index (χ0) is 14.9. The van der Waals surface area contributed by atoms with Crippen LogP contribution in [0.25, 0.3) is 0 Å². The second kappa shape index (κ2) is 6.10. The summed E-state index contributed by atoms with van der Waals surface area (Å²) in [4.78, 5) is 0.